The summed E-state index contributed by atoms with van der Waals surface area (Å²) in [6.07, 6.45) is 1.78. The van der Waals surface area contributed by atoms with E-state index in [-0.39, 0.29) is 5.82 Å². The Morgan fingerprint density at radius 3 is 2.83 bits per heavy atom. The van der Waals surface area contributed by atoms with Gasteiger partial charge in [0.05, 0.1) is 18.3 Å². The van der Waals surface area contributed by atoms with Crippen LogP contribution in [0.1, 0.15) is 23.9 Å². The zero-order valence-electron chi connectivity index (χ0n) is 13.9. The molecule has 2 rings (SSSR count). The van der Waals surface area contributed by atoms with Crippen molar-refractivity contribution in [3.63, 3.8) is 0 Å². The van der Waals surface area contributed by atoms with Crippen molar-refractivity contribution in [1.29, 1.82) is 5.26 Å². The maximum atomic E-state index is 14.1. The fraction of sp³-hybridized carbons (Fsp3) is 0.353. The van der Waals surface area contributed by atoms with Crippen LogP contribution in [-0.4, -0.2) is 25.8 Å². The normalized spacial score (nSPS) is 10.8. The predicted molar refractivity (Wildman–Crippen MR) is 93.2 cm³/mol. The summed E-state index contributed by atoms with van der Waals surface area (Å²) >= 11 is 5.45. The molecule has 1 aromatic heterocycles. The van der Waals surface area contributed by atoms with Gasteiger partial charge in [0, 0.05) is 18.7 Å². The lowest BCUT2D eigenvalue weighted by Crippen LogP contribution is -2.27. The van der Waals surface area contributed by atoms with Crippen LogP contribution >= 0.6 is 12.2 Å². The van der Waals surface area contributed by atoms with Crippen molar-refractivity contribution in [3.8, 4) is 6.07 Å². The first kappa shape index (κ1) is 18.0. The molecule has 0 saturated heterocycles. The van der Waals surface area contributed by atoms with Crippen LogP contribution in [-0.2, 0) is 19.8 Å². The molecule has 0 saturated carbocycles. The van der Waals surface area contributed by atoms with Crippen LogP contribution in [0.3, 0.4) is 0 Å². The molecule has 126 valence electrons. The monoisotopic (exact) mass is 345 g/mol. The van der Waals surface area contributed by atoms with Gasteiger partial charge in [0.1, 0.15) is 11.6 Å². The van der Waals surface area contributed by atoms with Gasteiger partial charge in [-0.1, -0.05) is 19.1 Å². The Hall–Kier alpha value is -2.30. The Bertz CT molecular complexity index is 830. The Morgan fingerprint density at radius 1 is 1.50 bits per heavy atom. The zero-order chi connectivity index (χ0) is 17.7. The number of nitrogens with zero attached hydrogens (tertiary/aromatic N) is 5. The SMILES string of the molecule is C=CCn1c(C)nn(CN(CC)Cc2ccc(C#N)cc2F)c1=S. The summed E-state index contributed by atoms with van der Waals surface area (Å²) in [5.41, 5.74) is 0.866. The Balaban J connectivity index is 2.19. The molecule has 0 fully saturated rings. The fourth-order valence-corrected chi connectivity index (χ4v) is 2.72. The largest absolute Gasteiger partial charge is 0.300 e. The topological polar surface area (TPSA) is 49.8 Å². The van der Waals surface area contributed by atoms with Gasteiger partial charge in [0.25, 0.3) is 0 Å². The predicted octanol–water partition coefficient (Wildman–Crippen LogP) is 3.40. The van der Waals surface area contributed by atoms with Crippen molar-refractivity contribution in [2.24, 2.45) is 0 Å². The van der Waals surface area contributed by atoms with Crippen molar-refractivity contribution in [2.75, 3.05) is 6.54 Å². The molecule has 5 nitrogen and oxygen atoms in total. The minimum absolute atomic E-state index is 0.320. The van der Waals surface area contributed by atoms with E-state index in [2.05, 4.69) is 11.7 Å². The lowest BCUT2D eigenvalue weighted by atomic mass is 10.1. The summed E-state index contributed by atoms with van der Waals surface area (Å²) in [4.78, 5) is 2.03. The molecule has 1 aromatic carbocycles. The van der Waals surface area contributed by atoms with E-state index in [1.165, 1.54) is 6.07 Å². The van der Waals surface area contributed by atoms with Crippen LogP contribution in [0.15, 0.2) is 30.9 Å². The molecule has 2 aromatic rings. The van der Waals surface area contributed by atoms with Gasteiger partial charge in [-0.3, -0.25) is 4.90 Å². The molecule has 0 atom stereocenters. The molecule has 0 aliphatic heterocycles. The first-order valence-corrected chi connectivity index (χ1v) is 8.07. The molecule has 0 bridgehead atoms. The Morgan fingerprint density at radius 2 is 2.25 bits per heavy atom. The van der Waals surface area contributed by atoms with E-state index in [0.29, 0.717) is 42.2 Å². The van der Waals surface area contributed by atoms with Crippen LogP contribution < -0.4 is 0 Å². The molecule has 0 aliphatic rings. The third kappa shape index (κ3) is 3.96. The van der Waals surface area contributed by atoms with Crippen LogP contribution in [0.4, 0.5) is 4.39 Å². The third-order valence-corrected chi connectivity index (χ3v) is 4.21. The average molecular weight is 345 g/mol. The summed E-state index contributed by atoms with van der Waals surface area (Å²) in [5, 5.41) is 13.3. The summed E-state index contributed by atoms with van der Waals surface area (Å²) < 4.78 is 18.3. The van der Waals surface area contributed by atoms with Crippen molar-refractivity contribution in [2.45, 2.75) is 33.6 Å². The summed E-state index contributed by atoms with van der Waals surface area (Å²) in [7, 11) is 0. The second-order valence-corrected chi connectivity index (χ2v) is 5.80. The molecule has 1 heterocycles. The number of aryl methyl sites for hydroxylation is 1. The maximum absolute atomic E-state index is 14.1. The number of aromatic nitrogens is 3. The van der Waals surface area contributed by atoms with Gasteiger partial charge in [-0.25, -0.2) is 9.07 Å². The minimum atomic E-state index is -0.371. The van der Waals surface area contributed by atoms with E-state index in [0.717, 1.165) is 5.82 Å². The molecule has 0 radical (unpaired) electrons. The smallest absolute Gasteiger partial charge is 0.199 e. The molecule has 0 aliphatic carbocycles. The highest BCUT2D eigenvalue weighted by Crippen LogP contribution is 2.13. The van der Waals surface area contributed by atoms with Crippen LogP contribution in [0.2, 0.25) is 0 Å². The molecule has 7 heteroatoms. The van der Waals surface area contributed by atoms with Crippen molar-refractivity contribution >= 4 is 12.2 Å². The van der Waals surface area contributed by atoms with Gasteiger partial charge in [0.2, 0.25) is 0 Å². The molecule has 24 heavy (non-hydrogen) atoms. The van der Waals surface area contributed by atoms with Gasteiger partial charge in [-0.2, -0.15) is 10.4 Å². The fourth-order valence-electron chi connectivity index (χ4n) is 2.42. The van der Waals surface area contributed by atoms with Crippen molar-refractivity contribution in [3.05, 3.63) is 58.4 Å². The van der Waals surface area contributed by atoms with Crippen LogP contribution in [0, 0.1) is 28.8 Å². The van der Waals surface area contributed by atoms with E-state index in [9.17, 15) is 4.39 Å². The van der Waals surface area contributed by atoms with Gasteiger partial charge in [-0.05, 0) is 37.8 Å². The minimum Gasteiger partial charge on any atom is -0.300 e. The summed E-state index contributed by atoms with van der Waals surface area (Å²) in [6, 6.07) is 6.48. The van der Waals surface area contributed by atoms with E-state index < -0.39 is 0 Å². The number of benzene rings is 1. The number of hydrogen-bond donors (Lipinski definition) is 0. The maximum Gasteiger partial charge on any atom is 0.199 e. The molecule has 0 N–H and O–H groups in total. The molecular formula is C17H20FN5S. The van der Waals surface area contributed by atoms with E-state index in [1.54, 1.807) is 22.9 Å². The standard InChI is InChI=1S/C17H20FN5S/c1-4-8-22-13(3)20-23(17(22)24)12-21(5-2)11-15-7-6-14(10-19)9-16(15)18/h4,6-7,9H,1,5,8,11-12H2,2-3H3. The second-order valence-electron chi connectivity index (χ2n) is 5.43. The average Bonchev–Trinajstić information content (AvgIpc) is 2.83. The van der Waals surface area contributed by atoms with Crippen molar-refractivity contribution < 1.29 is 4.39 Å². The lowest BCUT2D eigenvalue weighted by molar-refractivity contribution is 0.204. The summed E-state index contributed by atoms with van der Waals surface area (Å²) in [6.45, 7) is 9.84. The number of halogens is 1. The van der Waals surface area contributed by atoms with Crippen LogP contribution in [0.5, 0.6) is 0 Å². The number of nitriles is 1. The quantitative estimate of drug-likeness (QED) is 0.570. The first-order chi connectivity index (χ1) is 11.5. The van der Waals surface area contributed by atoms with E-state index in [4.69, 9.17) is 17.5 Å². The Kier molecular flexibility index (Phi) is 6.01. The Labute approximate surface area is 146 Å². The second kappa shape index (κ2) is 7.99. The number of allylic oxidation sites excluding steroid dienone is 1. The highest BCUT2D eigenvalue weighted by molar-refractivity contribution is 7.71. The van der Waals surface area contributed by atoms with Crippen LogP contribution in [0.25, 0.3) is 0 Å². The van der Waals surface area contributed by atoms with E-state index >= 15 is 0 Å². The van der Waals surface area contributed by atoms with Crippen molar-refractivity contribution in [1.82, 2.24) is 19.2 Å². The van der Waals surface area contributed by atoms with Gasteiger partial charge >= 0.3 is 0 Å². The van der Waals surface area contributed by atoms with E-state index in [1.807, 2.05) is 29.4 Å². The van der Waals surface area contributed by atoms with Gasteiger partial charge < -0.3 is 4.57 Å². The lowest BCUT2D eigenvalue weighted by Gasteiger charge is -2.20. The third-order valence-electron chi connectivity index (χ3n) is 3.78. The molecule has 0 unspecified atom stereocenters. The van der Waals surface area contributed by atoms with Gasteiger partial charge in [0.15, 0.2) is 4.77 Å². The molecular weight excluding hydrogens is 325 g/mol. The van der Waals surface area contributed by atoms with Gasteiger partial charge in [-0.15, -0.1) is 6.58 Å². The zero-order valence-corrected chi connectivity index (χ0v) is 14.7. The molecule has 0 spiro atoms. The number of hydrogen-bond acceptors (Lipinski definition) is 4. The number of rotatable bonds is 7. The highest BCUT2D eigenvalue weighted by atomic mass is 32.1. The summed E-state index contributed by atoms with van der Waals surface area (Å²) in [5.74, 6) is 0.449. The highest BCUT2D eigenvalue weighted by Gasteiger charge is 2.12. The first-order valence-electron chi connectivity index (χ1n) is 7.66. The molecule has 0 amide bonds.